The zero-order valence-corrected chi connectivity index (χ0v) is 9.64. The van der Waals surface area contributed by atoms with Gasteiger partial charge in [0.15, 0.2) is 0 Å². The normalized spacial score (nSPS) is 10.3. The Balaban J connectivity index is 2.04. The van der Waals surface area contributed by atoms with E-state index >= 15 is 0 Å². The molecule has 0 bridgehead atoms. The zero-order valence-electron chi connectivity index (χ0n) is 9.64. The van der Waals surface area contributed by atoms with Gasteiger partial charge in [0.1, 0.15) is 5.82 Å². The second kappa shape index (κ2) is 5.40. The molecule has 0 radical (unpaired) electrons. The van der Waals surface area contributed by atoms with Crippen LogP contribution in [-0.2, 0) is 12.8 Å². The maximum Gasteiger partial charge on any atom is 0.335 e. The molecule has 1 aromatic carbocycles. The molecule has 0 unspecified atom stereocenters. The number of aryl methyl sites for hydroxylation is 2. The van der Waals surface area contributed by atoms with Crippen molar-refractivity contribution in [3.8, 4) is 0 Å². The van der Waals surface area contributed by atoms with Crippen LogP contribution in [0.25, 0.3) is 0 Å². The molecule has 18 heavy (non-hydrogen) atoms. The molecular weight excluding hydrogens is 233 g/mol. The highest BCUT2D eigenvalue weighted by Gasteiger charge is 2.04. The van der Waals surface area contributed by atoms with E-state index in [1.807, 2.05) is 0 Å². The van der Waals surface area contributed by atoms with Gasteiger partial charge in [0.05, 0.1) is 5.56 Å². The summed E-state index contributed by atoms with van der Waals surface area (Å²) in [6.07, 6.45) is 2.83. The van der Waals surface area contributed by atoms with E-state index in [-0.39, 0.29) is 11.4 Å². The Morgan fingerprint density at radius 2 is 1.89 bits per heavy atom. The Hall–Kier alpha value is -2.23. The highest BCUT2D eigenvalue weighted by molar-refractivity contribution is 5.87. The highest BCUT2D eigenvalue weighted by Crippen LogP contribution is 2.08. The van der Waals surface area contributed by atoms with Crippen molar-refractivity contribution in [2.24, 2.45) is 0 Å². The van der Waals surface area contributed by atoms with Gasteiger partial charge in [-0.1, -0.05) is 12.1 Å². The summed E-state index contributed by atoms with van der Waals surface area (Å²) in [5, 5.41) is 8.86. The van der Waals surface area contributed by atoms with Crippen LogP contribution in [-0.4, -0.2) is 16.1 Å². The standard InChI is InChI=1S/C14H12FNO2/c15-12-4-1-10(2-5-12)3-6-13-9-11(14(17)18)7-8-16-13/h1-2,4-5,7-9H,3,6H2,(H,17,18). The number of benzene rings is 1. The van der Waals surface area contributed by atoms with Crippen molar-refractivity contribution in [2.75, 3.05) is 0 Å². The maximum absolute atomic E-state index is 12.7. The molecular formula is C14H12FNO2. The van der Waals surface area contributed by atoms with Gasteiger partial charge in [-0.15, -0.1) is 0 Å². The summed E-state index contributed by atoms with van der Waals surface area (Å²) < 4.78 is 12.7. The number of carboxylic acid groups (broad SMARTS) is 1. The minimum Gasteiger partial charge on any atom is -0.478 e. The Morgan fingerprint density at radius 1 is 1.17 bits per heavy atom. The van der Waals surface area contributed by atoms with Crippen molar-refractivity contribution in [1.29, 1.82) is 0 Å². The number of aromatic carboxylic acids is 1. The van der Waals surface area contributed by atoms with Gasteiger partial charge in [-0.05, 0) is 42.7 Å². The summed E-state index contributed by atoms with van der Waals surface area (Å²) in [5.41, 5.74) is 1.96. The Bertz CT molecular complexity index is 552. The minimum absolute atomic E-state index is 0.235. The molecule has 1 aromatic heterocycles. The Morgan fingerprint density at radius 3 is 2.56 bits per heavy atom. The average molecular weight is 245 g/mol. The van der Waals surface area contributed by atoms with Crippen molar-refractivity contribution in [1.82, 2.24) is 4.98 Å². The molecule has 0 aliphatic heterocycles. The lowest BCUT2D eigenvalue weighted by atomic mass is 10.1. The van der Waals surface area contributed by atoms with Gasteiger partial charge in [0.25, 0.3) is 0 Å². The number of rotatable bonds is 4. The lowest BCUT2D eigenvalue weighted by molar-refractivity contribution is 0.0696. The van der Waals surface area contributed by atoms with Crippen LogP contribution >= 0.6 is 0 Å². The highest BCUT2D eigenvalue weighted by atomic mass is 19.1. The second-order valence-electron chi connectivity index (χ2n) is 3.97. The van der Waals surface area contributed by atoms with Gasteiger partial charge in [-0.2, -0.15) is 0 Å². The van der Waals surface area contributed by atoms with Gasteiger partial charge in [0.2, 0.25) is 0 Å². The fraction of sp³-hybridized carbons (Fsp3) is 0.143. The van der Waals surface area contributed by atoms with E-state index in [0.29, 0.717) is 12.8 Å². The molecule has 0 aliphatic rings. The summed E-state index contributed by atoms with van der Waals surface area (Å²) in [5.74, 6) is -1.22. The summed E-state index contributed by atoms with van der Waals surface area (Å²) in [7, 11) is 0. The quantitative estimate of drug-likeness (QED) is 0.901. The fourth-order valence-electron chi connectivity index (χ4n) is 1.67. The Kier molecular flexibility index (Phi) is 3.67. The van der Waals surface area contributed by atoms with E-state index in [9.17, 15) is 9.18 Å². The number of carbonyl (C=O) groups is 1. The number of carboxylic acids is 1. The molecule has 2 rings (SSSR count). The molecule has 3 nitrogen and oxygen atoms in total. The smallest absolute Gasteiger partial charge is 0.335 e. The summed E-state index contributed by atoms with van der Waals surface area (Å²) in [6, 6.07) is 9.29. The number of pyridine rings is 1. The van der Waals surface area contributed by atoms with Crippen LogP contribution in [0, 0.1) is 5.82 Å². The van der Waals surface area contributed by atoms with Gasteiger partial charge in [0, 0.05) is 11.9 Å². The molecule has 2 aromatic rings. The predicted molar refractivity (Wildman–Crippen MR) is 65.0 cm³/mol. The molecule has 0 spiro atoms. The summed E-state index contributed by atoms with van der Waals surface area (Å²) in [4.78, 5) is 14.9. The van der Waals surface area contributed by atoms with Crippen LogP contribution in [0.3, 0.4) is 0 Å². The molecule has 1 heterocycles. The molecule has 4 heteroatoms. The third-order valence-electron chi connectivity index (χ3n) is 2.65. The largest absolute Gasteiger partial charge is 0.478 e. The van der Waals surface area contributed by atoms with Crippen LogP contribution in [0.2, 0.25) is 0 Å². The zero-order chi connectivity index (χ0) is 13.0. The molecule has 0 amide bonds. The Labute approximate surface area is 104 Å². The van der Waals surface area contributed by atoms with E-state index in [0.717, 1.165) is 11.3 Å². The van der Waals surface area contributed by atoms with E-state index < -0.39 is 5.97 Å². The van der Waals surface area contributed by atoms with Crippen molar-refractivity contribution < 1.29 is 14.3 Å². The van der Waals surface area contributed by atoms with E-state index in [1.165, 1.54) is 24.4 Å². The third kappa shape index (κ3) is 3.13. The lowest BCUT2D eigenvalue weighted by Gasteiger charge is -2.02. The number of hydrogen-bond donors (Lipinski definition) is 1. The average Bonchev–Trinajstić information content (AvgIpc) is 2.38. The first-order valence-corrected chi connectivity index (χ1v) is 5.58. The van der Waals surface area contributed by atoms with E-state index in [2.05, 4.69) is 4.98 Å². The number of aromatic nitrogens is 1. The van der Waals surface area contributed by atoms with Gasteiger partial charge >= 0.3 is 5.97 Å². The number of nitrogens with zero attached hydrogens (tertiary/aromatic N) is 1. The molecule has 0 saturated heterocycles. The van der Waals surface area contributed by atoms with Crippen molar-refractivity contribution >= 4 is 5.97 Å². The fourth-order valence-corrected chi connectivity index (χ4v) is 1.67. The molecule has 0 aliphatic carbocycles. The van der Waals surface area contributed by atoms with Crippen molar-refractivity contribution in [3.63, 3.8) is 0 Å². The first kappa shape index (κ1) is 12.2. The van der Waals surface area contributed by atoms with Crippen LogP contribution in [0.1, 0.15) is 21.6 Å². The molecule has 1 N–H and O–H groups in total. The van der Waals surface area contributed by atoms with Gasteiger partial charge in [-0.25, -0.2) is 9.18 Å². The van der Waals surface area contributed by atoms with Crippen LogP contribution < -0.4 is 0 Å². The van der Waals surface area contributed by atoms with Crippen LogP contribution in [0.5, 0.6) is 0 Å². The number of halogens is 1. The monoisotopic (exact) mass is 245 g/mol. The lowest BCUT2D eigenvalue weighted by Crippen LogP contribution is -2.00. The third-order valence-corrected chi connectivity index (χ3v) is 2.65. The maximum atomic E-state index is 12.7. The van der Waals surface area contributed by atoms with Gasteiger partial charge < -0.3 is 5.11 Å². The van der Waals surface area contributed by atoms with E-state index in [1.54, 1.807) is 18.2 Å². The van der Waals surface area contributed by atoms with Crippen molar-refractivity contribution in [3.05, 3.63) is 65.2 Å². The topological polar surface area (TPSA) is 50.2 Å². The predicted octanol–water partition coefficient (Wildman–Crippen LogP) is 2.70. The van der Waals surface area contributed by atoms with Crippen LogP contribution in [0.15, 0.2) is 42.6 Å². The van der Waals surface area contributed by atoms with E-state index in [4.69, 9.17) is 5.11 Å². The van der Waals surface area contributed by atoms with Crippen molar-refractivity contribution in [2.45, 2.75) is 12.8 Å². The van der Waals surface area contributed by atoms with Crippen LogP contribution in [0.4, 0.5) is 4.39 Å². The molecule has 0 atom stereocenters. The van der Waals surface area contributed by atoms with Gasteiger partial charge in [-0.3, -0.25) is 4.98 Å². The first-order valence-electron chi connectivity index (χ1n) is 5.58. The summed E-state index contributed by atoms with van der Waals surface area (Å²) >= 11 is 0. The minimum atomic E-state index is -0.958. The molecule has 92 valence electrons. The SMILES string of the molecule is O=C(O)c1ccnc(CCc2ccc(F)cc2)c1. The molecule has 0 fully saturated rings. The molecule has 0 saturated carbocycles. The second-order valence-corrected chi connectivity index (χ2v) is 3.97. The number of hydrogen-bond acceptors (Lipinski definition) is 2. The first-order chi connectivity index (χ1) is 8.65. The summed E-state index contributed by atoms with van der Waals surface area (Å²) in [6.45, 7) is 0.